The molecule has 1 aliphatic heterocycles. The summed E-state index contributed by atoms with van der Waals surface area (Å²) in [5, 5.41) is 2.10. The van der Waals surface area contributed by atoms with Gasteiger partial charge in [0.25, 0.3) is 0 Å². The monoisotopic (exact) mass is 287 g/mol. The fraction of sp³-hybridized carbons (Fsp3) is 0.312. The zero-order valence-corrected chi connectivity index (χ0v) is 12.2. The number of hydrogen-bond acceptors (Lipinski definition) is 3. The molecule has 1 aromatic carbocycles. The summed E-state index contributed by atoms with van der Waals surface area (Å²) in [4.78, 5) is 15.3. The molecule has 3 rings (SSSR count). The number of fused-ring (bicyclic) bond motifs is 1. The third-order valence-electron chi connectivity index (χ3n) is 3.69. The first-order valence-corrected chi connectivity index (χ1v) is 7.67. The minimum atomic E-state index is -0.222. The number of thiophene rings is 1. The molecule has 0 saturated carbocycles. The highest BCUT2D eigenvalue weighted by molar-refractivity contribution is 7.10. The highest BCUT2D eigenvalue weighted by Gasteiger charge is 2.29. The van der Waals surface area contributed by atoms with Gasteiger partial charge < -0.3 is 9.64 Å². The van der Waals surface area contributed by atoms with Crippen LogP contribution < -0.4 is 0 Å². The Morgan fingerprint density at radius 1 is 1.35 bits per heavy atom. The second-order valence-corrected chi connectivity index (χ2v) is 5.92. The first kappa shape index (κ1) is 13.2. The van der Waals surface area contributed by atoms with Crippen LogP contribution in [0.4, 0.5) is 4.79 Å². The van der Waals surface area contributed by atoms with E-state index in [0.717, 1.165) is 18.5 Å². The zero-order chi connectivity index (χ0) is 13.9. The van der Waals surface area contributed by atoms with Crippen LogP contribution in [0.1, 0.15) is 29.0 Å². The second kappa shape index (κ2) is 5.67. The molecular weight excluding hydrogens is 270 g/mol. The third-order valence-corrected chi connectivity index (χ3v) is 4.82. The van der Waals surface area contributed by atoms with Crippen molar-refractivity contribution < 1.29 is 9.53 Å². The maximum atomic E-state index is 12.2. The molecule has 0 bridgehead atoms. The van der Waals surface area contributed by atoms with Gasteiger partial charge in [-0.1, -0.05) is 30.3 Å². The van der Waals surface area contributed by atoms with Crippen molar-refractivity contribution in [3.05, 3.63) is 57.8 Å². The van der Waals surface area contributed by atoms with Gasteiger partial charge in [0.1, 0.15) is 6.61 Å². The van der Waals surface area contributed by atoms with E-state index in [1.165, 1.54) is 10.4 Å². The van der Waals surface area contributed by atoms with Gasteiger partial charge in [0, 0.05) is 11.4 Å². The van der Waals surface area contributed by atoms with Crippen molar-refractivity contribution in [1.82, 2.24) is 4.90 Å². The number of benzene rings is 1. The van der Waals surface area contributed by atoms with Gasteiger partial charge in [-0.05, 0) is 35.9 Å². The predicted octanol–water partition coefficient (Wildman–Crippen LogP) is 4.00. The molecule has 0 aliphatic carbocycles. The summed E-state index contributed by atoms with van der Waals surface area (Å²) < 4.78 is 5.42. The molecule has 4 heteroatoms. The average Bonchev–Trinajstić information content (AvgIpc) is 2.96. The summed E-state index contributed by atoms with van der Waals surface area (Å²) in [7, 11) is 0. The summed E-state index contributed by atoms with van der Waals surface area (Å²) in [6, 6.07) is 12.0. The fourth-order valence-corrected chi connectivity index (χ4v) is 3.57. The Morgan fingerprint density at radius 2 is 2.15 bits per heavy atom. The molecule has 1 aliphatic rings. The number of carbonyl (C=O) groups is 1. The van der Waals surface area contributed by atoms with Gasteiger partial charge in [-0.2, -0.15) is 0 Å². The van der Waals surface area contributed by atoms with Crippen LogP contribution >= 0.6 is 11.3 Å². The minimum absolute atomic E-state index is 0.113. The Morgan fingerprint density at radius 3 is 2.95 bits per heavy atom. The molecule has 0 spiro atoms. The van der Waals surface area contributed by atoms with Gasteiger partial charge in [-0.15, -0.1) is 11.3 Å². The highest BCUT2D eigenvalue weighted by atomic mass is 32.1. The fourth-order valence-electron chi connectivity index (χ4n) is 2.55. The van der Waals surface area contributed by atoms with Crippen molar-refractivity contribution in [2.75, 3.05) is 6.54 Å². The maximum Gasteiger partial charge on any atom is 0.410 e. The van der Waals surface area contributed by atoms with Gasteiger partial charge in [-0.3, -0.25) is 0 Å². The zero-order valence-electron chi connectivity index (χ0n) is 11.4. The lowest BCUT2D eigenvalue weighted by molar-refractivity contribution is 0.0811. The summed E-state index contributed by atoms with van der Waals surface area (Å²) in [5.41, 5.74) is 2.39. The molecule has 0 saturated heterocycles. The van der Waals surface area contributed by atoms with E-state index in [2.05, 4.69) is 18.4 Å². The molecule has 0 fully saturated rings. The van der Waals surface area contributed by atoms with E-state index in [9.17, 15) is 4.79 Å². The number of nitrogens with zero attached hydrogens (tertiary/aromatic N) is 1. The van der Waals surface area contributed by atoms with E-state index >= 15 is 0 Å². The van der Waals surface area contributed by atoms with Crippen LogP contribution in [0.15, 0.2) is 41.8 Å². The lowest BCUT2D eigenvalue weighted by Crippen LogP contribution is -2.38. The first-order valence-electron chi connectivity index (χ1n) is 6.79. The van der Waals surface area contributed by atoms with Crippen molar-refractivity contribution >= 4 is 17.4 Å². The Kier molecular flexibility index (Phi) is 3.74. The van der Waals surface area contributed by atoms with Crippen LogP contribution in [-0.4, -0.2) is 17.5 Å². The van der Waals surface area contributed by atoms with E-state index in [0.29, 0.717) is 6.61 Å². The SMILES string of the molecule is CC1c2sccc2CCN1C(=O)OCc1ccccc1. The minimum Gasteiger partial charge on any atom is -0.445 e. The molecule has 0 N–H and O–H groups in total. The number of amides is 1. The van der Waals surface area contributed by atoms with Gasteiger partial charge in [0.05, 0.1) is 6.04 Å². The lowest BCUT2D eigenvalue weighted by atomic mass is 10.0. The molecule has 1 unspecified atom stereocenters. The second-order valence-electron chi connectivity index (χ2n) is 4.97. The Hall–Kier alpha value is -1.81. The topological polar surface area (TPSA) is 29.5 Å². The molecule has 1 amide bonds. The van der Waals surface area contributed by atoms with E-state index in [1.807, 2.05) is 35.2 Å². The van der Waals surface area contributed by atoms with E-state index in [1.54, 1.807) is 11.3 Å². The highest BCUT2D eigenvalue weighted by Crippen LogP contribution is 2.33. The smallest absolute Gasteiger partial charge is 0.410 e. The van der Waals surface area contributed by atoms with Crippen LogP contribution in [0.25, 0.3) is 0 Å². The summed E-state index contributed by atoms with van der Waals surface area (Å²) >= 11 is 1.72. The number of ether oxygens (including phenoxy) is 1. The number of carbonyl (C=O) groups excluding carboxylic acids is 1. The van der Waals surface area contributed by atoms with Gasteiger partial charge >= 0.3 is 6.09 Å². The van der Waals surface area contributed by atoms with E-state index in [4.69, 9.17) is 4.74 Å². The van der Waals surface area contributed by atoms with Gasteiger partial charge in [-0.25, -0.2) is 4.79 Å². The standard InChI is InChI=1S/C16H17NO2S/c1-12-15-14(8-10-20-15)7-9-17(12)16(18)19-11-13-5-3-2-4-6-13/h2-6,8,10,12H,7,9,11H2,1H3. The largest absolute Gasteiger partial charge is 0.445 e. The van der Waals surface area contributed by atoms with Crippen molar-refractivity contribution in [3.63, 3.8) is 0 Å². The van der Waals surface area contributed by atoms with Crippen LogP contribution in [0.5, 0.6) is 0 Å². The van der Waals surface area contributed by atoms with Gasteiger partial charge in [0.15, 0.2) is 0 Å². The van der Waals surface area contributed by atoms with Crippen molar-refractivity contribution in [3.8, 4) is 0 Å². The summed E-state index contributed by atoms with van der Waals surface area (Å²) in [6.45, 7) is 3.14. The summed E-state index contributed by atoms with van der Waals surface area (Å²) in [5.74, 6) is 0. The van der Waals surface area contributed by atoms with Crippen LogP contribution in [0, 0.1) is 0 Å². The maximum absolute atomic E-state index is 12.2. The number of hydrogen-bond donors (Lipinski definition) is 0. The molecule has 1 aromatic heterocycles. The molecule has 20 heavy (non-hydrogen) atoms. The Labute approximate surface area is 122 Å². The van der Waals surface area contributed by atoms with E-state index < -0.39 is 0 Å². The van der Waals surface area contributed by atoms with Crippen molar-refractivity contribution in [2.24, 2.45) is 0 Å². The summed E-state index contributed by atoms with van der Waals surface area (Å²) in [6.07, 6.45) is 0.698. The molecule has 104 valence electrons. The van der Waals surface area contributed by atoms with Crippen molar-refractivity contribution in [1.29, 1.82) is 0 Å². The first-order chi connectivity index (χ1) is 9.75. The lowest BCUT2D eigenvalue weighted by Gasteiger charge is -2.32. The predicted molar refractivity (Wildman–Crippen MR) is 79.8 cm³/mol. The van der Waals surface area contributed by atoms with Gasteiger partial charge in [0.2, 0.25) is 0 Å². The molecule has 2 heterocycles. The molecule has 0 radical (unpaired) electrons. The average molecular weight is 287 g/mol. The molecule has 2 aromatic rings. The molecule has 3 nitrogen and oxygen atoms in total. The Balaban J connectivity index is 1.64. The van der Waals surface area contributed by atoms with Crippen LogP contribution in [0.3, 0.4) is 0 Å². The van der Waals surface area contributed by atoms with Crippen LogP contribution in [0.2, 0.25) is 0 Å². The number of rotatable bonds is 2. The van der Waals surface area contributed by atoms with E-state index in [-0.39, 0.29) is 12.1 Å². The third kappa shape index (κ3) is 2.56. The van der Waals surface area contributed by atoms with Crippen molar-refractivity contribution in [2.45, 2.75) is 26.0 Å². The van der Waals surface area contributed by atoms with Crippen LogP contribution in [-0.2, 0) is 17.8 Å². The molecule has 1 atom stereocenters. The quantitative estimate of drug-likeness (QED) is 0.835. The molecular formula is C16H17NO2S. The normalized spacial score (nSPS) is 17.6. The Bertz CT molecular complexity index is 594.